The summed E-state index contributed by atoms with van der Waals surface area (Å²) in [7, 11) is 1.67. The van der Waals surface area contributed by atoms with Gasteiger partial charge in [-0.25, -0.2) is 0 Å². The number of aromatic nitrogens is 1. The lowest BCUT2D eigenvalue weighted by molar-refractivity contribution is 0.412. The molecule has 0 fully saturated rings. The van der Waals surface area contributed by atoms with E-state index in [9.17, 15) is 0 Å². The fourth-order valence-electron chi connectivity index (χ4n) is 2.27. The van der Waals surface area contributed by atoms with Crippen molar-refractivity contribution in [3.63, 3.8) is 0 Å². The molecule has 3 rings (SSSR count). The lowest BCUT2D eigenvalue weighted by Gasteiger charge is -2.10. The third-order valence-corrected chi connectivity index (χ3v) is 3.97. The van der Waals surface area contributed by atoms with E-state index >= 15 is 0 Å². The molecule has 3 nitrogen and oxygen atoms in total. The van der Waals surface area contributed by atoms with Crippen LogP contribution in [0.3, 0.4) is 0 Å². The van der Waals surface area contributed by atoms with Crippen molar-refractivity contribution in [1.82, 2.24) is 4.98 Å². The maximum absolute atomic E-state index is 5.30. The maximum atomic E-state index is 5.30. The average Bonchev–Trinajstić information content (AvgIpc) is 2.95. The molecule has 0 amide bonds. The molecule has 0 bridgehead atoms. The summed E-state index contributed by atoms with van der Waals surface area (Å²) >= 11 is 3.46. The van der Waals surface area contributed by atoms with Crippen LogP contribution in [0.2, 0.25) is 0 Å². The van der Waals surface area contributed by atoms with Crippen molar-refractivity contribution >= 4 is 32.5 Å². The van der Waals surface area contributed by atoms with Crippen LogP contribution in [0.4, 0.5) is 5.69 Å². The first-order valence-corrected chi connectivity index (χ1v) is 7.19. The fraction of sp³-hybridized carbons (Fsp3) is 0.125. The van der Waals surface area contributed by atoms with E-state index in [0.29, 0.717) is 0 Å². The van der Waals surface area contributed by atoms with Gasteiger partial charge in [-0.15, -0.1) is 0 Å². The fourth-order valence-corrected chi connectivity index (χ4v) is 2.68. The van der Waals surface area contributed by atoms with Gasteiger partial charge in [-0.05, 0) is 45.8 Å². The Bertz CT molecular complexity index is 736. The van der Waals surface area contributed by atoms with Crippen molar-refractivity contribution in [2.24, 2.45) is 0 Å². The number of benzene rings is 2. The van der Waals surface area contributed by atoms with E-state index in [0.717, 1.165) is 28.0 Å². The molecule has 2 N–H and O–H groups in total. The zero-order valence-corrected chi connectivity index (χ0v) is 12.7. The number of aromatic amines is 1. The summed E-state index contributed by atoms with van der Waals surface area (Å²) in [5.41, 5.74) is 3.47. The van der Waals surface area contributed by atoms with Crippen molar-refractivity contribution in [2.45, 2.75) is 6.54 Å². The van der Waals surface area contributed by atoms with Gasteiger partial charge in [0.1, 0.15) is 5.75 Å². The Hall–Kier alpha value is -1.94. The van der Waals surface area contributed by atoms with Gasteiger partial charge in [0.25, 0.3) is 0 Å². The first-order valence-electron chi connectivity index (χ1n) is 6.40. The van der Waals surface area contributed by atoms with Gasteiger partial charge in [0, 0.05) is 35.4 Å². The minimum Gasteiger partial charge on any atom is -0.495 e. The normalized spacial score (nSPS) is 10.7. The second kappa shape index (κ2) is 5.59. The van der Waals surface area contributed by atoms with Crippen LogP contribution in [0.1, 0.15) is 5.56 Å². The molecule has 0 atom stereocenters. The number of ether oxygens (including phenoxy) is 1. The van der Waals surface area contributed by atoms with Crippen LogP contribution in [0, 0.1) is 0 Å². The van der Waals surface area contributed by atoms with Crippen LogP contribution in [-0.2, 0) is 6.54 Å². The lowest BCUT2D eigenvalue weighted by atomic mass is 10.1. The number of H-pyrrole nitrogens is 1. The van der Waals surface area contributed by atoms with Gasteiger partial charge < -0.3 is 15.0 Å². The zero-order valence-electron chi connectivity index (χ0n) is 11.1. The van der Waals surface area contributed by atoms with E-state index in [-0.39, 0.29) is 0 Å². The molecule has 20 heavy (non-hydrogen) atoms. The summed E-state index contributed by atoms with van der Waals surface area (Å²) in [4.78, 5) is 3.23. The predicted molar refractivity (Wildman–Crippen MR) is 86.3 cm³/mol. The van der Waals surface area contributed by atoms with Gasteiger partial charge in [0.15, 0.2) is 0 Å². The minimum absolute atomic E-state index is 0.778. The molecule has 0 aliphatic heterocycles. The van der Waals surface area contributed by atoms with E-state index in [1.54, 1.807) is 7.11 Å². The number of nitrogens with one attached hydrogen (secondary N) is 2. The van der Waals surface area contributed by atoms with Crippen molar-refractivity contribution in [3.05, 3.63) is 58.7 Å². The Labute approximate surface area is 126 Å². The first kappa shape index (κ1) is 13.1. The van der Waals surface area contributed by atoms with E-state index < -0.39 is 0 Å². The van der Waals surface area contributed by atoms with Gasteiger partial charge in [-0.2, -0.15) is 0 Å². The van der Waals surface area contributed by atoms with Crippen LogP contribution >= 0.6 is 15.9 Å². The van der Waals surface area contributed by atoms with Gasteiger partial charge in [0.2, 0.25) is 0 Å². The highest BCUT2D eigenvalue weighted by Gasteiger charge is 2.04. The molecular weight excluding hydrogens is 316 g/mol. The van der Waals surface area contributed by atoms with Crippen LogP contribution < -0.4 is 10.1 Å². The molecule has 0 aliphatic rings. The largest absolute Gasteiger partial charge is 0.495 e. The van der Waals surface area contributed by atoms with Crippen LogP contribution in [-0.4, -0.2) is 12.1 Å². The van der Waals surface area contributed by atoms with Gasteiger partial charge in [-0.3, -0.25) is 0 Å². The second-order valence-electron chi connectivity index (χ2n) is 4.56. The molecule has 0 spiro atoms. The van der Waals surface area contributed by atoms with Crippen LogP contribution in [0.5, 0.6) is 5.75 Å². The van der Waals surface area contributed by atoms with E-state index in [4.69, 9.17) is 4.74 Å². The molecule has 0 aliphatic carbocycles. The summed E-state index contributed by atoms with van der Waals surface area (Å²) in [5.74, 6) is 0.829. The smallest absolute Gasteiger partial charge is 0.135 e. The zero-order chi connectivity index (χ0) is 13.9. The summed E-state index contributed by atoms with van der Waals surface area (Å²) in [6, 6.07) is 14.4. The summed E-state index contributed by atoms with van der Waals surface area (Å²) < 4.78 is 6.26. The number of halogens is 1. The van der Waals surface area contributed by atoms with Gasteiger partial charge in [-0.1, -0.05) is 12.1 Å². The average molecular weight is 331 g/mol. The Morgan fingerprint density at radius 3 is 2.95 bits per heavy atom. The van der Waals surface area contributed by atoms with E-state index in [1.165, 1.54) is 10.9 Å². The highest BCUT2D eigenvalue weighted by atomic mass is 79.9. The minimum atomic E-state index is 0.778. The molecule has 102 valence electrons. The molecule has 0 unspecified atom stereocenters. The Balaban J connectivity index is 1.81. The molecular formula is C16H15BrN2O. The number of anilines is 1. The highest BCUT2D eigenvalue weighted by molar-refractivity contribution is 9.10. The number of hydrogen-bond donors (Lipinski definition) is 2. The molecule has 1 heterocycles. The number of methoxy groups -OCH3 is 1. The van der Waals surface area contributed by atoms with Gasteiger partial charge >= 0.3 is 0 Å². The van der Waals surface area contributed by atoms with Gasteiger partial charge in [0.05, 0.1) is 11.6 Å². The second-order valence-corrected chi connectivity index (χ2v) is 5.41. The monoisotopic (exact) mass is 330 g/mol. The number of rotatable bonds is 4. The number of fused-ring (bicyclic) bond motifs is 1. The Morgan fingerprint density at radius 2 is 2.10 bits per heavy atom. The Morgan fingerprint density at radius 1 is 1.20 bits per heavy atom. The molecule has 0 radical (unpaired) electrons. The Kier molecular flexibility index (Phi) is 3.65. The maximum Gasteiger partial charge on any atom is 0.135 e. The quantitative estimate of drug-likeness (QED) is 0.736. The van der Waals surface area contributed by atoms with E-state index in [2.05, 4.69) is 50.5 Å². The standard InChI is InChI=1S/C16H15BrN2O/c1-20-16-9-12(5-6-14(16)17)19-10-11-3-2-4-15-13(11)7-8-18-15/h2-9,18-19H,10H2,1H3. The first-order chi connectivity index (χ1) is 9.78. The summed E-state index contributed by atoms with van der Waals surface area (Å²) in [6.07, 6.45) is 1.97. The molecule has 4 heteroatoms. The van der Waals surface area contributed by atoms with Crippen LogP contribution in [0.25, 0.3) is 10.9 Å². The van der Waals surface area contributed by atoms with Crippen molar-refractivity contribution in [2.75, 3.05) is 12.4 Å². The molecule has 0 saturated heterocycles. The van der Waals surface area contributed by atoms with Crippen LogP contribution in [0.15, 0.2) is 53.1 Å². The molecule has 2 aromatic carbocycles. The third-order valence-electron chi connectivity index (χ3n) is 3.32. The third kappa shape index (κ3) is 2.51. The van der Waals surface area contributed by atoms with Crippen molar-refractivity contribution in [3.8, 4) is 5.75 Å². The molecule has 3 aromatic rings. The van der Waals surface area contributed by atoms with Crippen molar-refractivity contribution < 1.29 is 4.74 Å². The van der Waals surface area contributed by atoms with Crippen molar-refractivity contribution in [1.29, 1.82) is 0 Å². The SMILES string of the molecule is COc1cc(NCc2cccc3[nH]ccc23)ccc1Br. The summed E-state index contributed by atoms with van der Waals surface area (Å²) in [5, 5.41) is 4.68. The summed E-state index contributed by atoms with van der Waals surface area (Å²) in [6.45, 7) is 0.778. The highest BCUT2D eigenvalue weighted by Crippen LogP contribution is 2.28. The predicted octanol–water partition coefficient (Wildman–Crippen LogP) is 4.55. The topological polar surface area (TPSA) is 37.0 Å². The lowest BCUT2D eigenvalue weighted by Crippen LogP contribution is -2.00. The molecule has 0 saturated carbocycles. The van der Waals surface area contributed by atoms with E-state index in [1.807, 2.05) is 24.4 Å². The molecule has 1 aromatic heterocycles. The number of hydrogen-bond acceptors (Lipinski definition) is 2.